The van der Waals surface area contributed by atoms with Crippen molar-refractivity contribution >= 4 is 127 Å². The van der Waals surface area contributed by atoms with Crippen molar-refractivity contribution in [2.75, 3.05) is 67.8 Å². The molecule has 0 aliphatic carbocycles. The van der Waals surface area contributed by atoms with Gasteiger partial charge in [-0.2, -0.15) is 10.5 Å². The number of aromatic nitrogens is 2. The molecule has 14 heterocycles. The molecule has 4 atom stereocenters. The molecule has 8 aliphatic heterocycles. The van der Waals surface area contributed by atoms with E-state index in [1.807, 2.05) is 61.5 Å². The number of fused-ring (bicyclic) bond motifs is 8. The number of ether oxygens (including phenoxy) is 5. The number of furan rings is 4. The molecule has 6 aromatic heterocycles. The first-order valence-electron chi connectivity index (χ1n) is 42.3. The highest BCUT2D eigenvalue weighted by Crippen LogP contribution is 2.46. The van der Waals surface area contributed by atoms with Gasteiger partial charge in [0.15, 0.2) is 5.69 Å². The summed E-state index contributed by atoms with van der Waals surface area (Å²) in [6.45, 7) is 6.07. The first kappa shape index (κ1) is 88.9. The number of methoxy groups -OCH3 is 4. The smallest absolute Gasteiger partial charge is 0.407 e. The lowest BCUT2D eigenvalue weighted by molar-refractivity contribution is -0.128. The maximum atomic E-state index is 13.2. The number of amides is 15. The highest BCUT2D eigenvalue weighted by molar-refractivity contribution is 6.13. The van der Waals surface area contributed by atoms with Crippen LogP contribution in [0.2, 0.25) is 0 Å². The largest absolute Gasteiger partial charge is 0.497 e. The average molecular weight is 1810 g/mol. The molecule has 0 unspecified atom stereocenters. The van der Waals surface area contributed by atoms with Crippen LogP contribution in [0.4, 0.5) is 9.59 Å². The molecule has 20 rings (SSSR count). The number of nitriles is 2. The first-order valence-corrected chi connectivity index (χ1v) is 42.3. The summed E-state index contributed by atoms with van der Waals surface area (Å²) in [5, 5.41) is 38.4. The minimum absolute atomic E-state index is 0.00811. The molecular weight excluding hydrogens is 1730 g/mol. The molecule has 0 bridgehead atoms. The zero-order valence-electron chi connectivity index (χ0n) is 72.8. The first-order chi connectivity index (χ1) is 64.5. The highest BCUT2D eigenvalue weighted by atomic mass is 16.5. The second kappa shape index (κ2) is 35.8. The van der Waals surface area contributed by atoms with Crippen molar-refractivity contribution in [3.8, 4) is 35.1 Å². The molecule has 680 valence electrons. The van der Waals surface area contributed by atoms with Gasteiger partial charge in [-0.1, -0.05) is 36.4 Å². The van der Waals surface area contributed by atoms with E-state index in [0.29, 0.717) is 135 Å². The third-order valence-corrected chi connectivity index (χ3v) is 24.8. The Morgan fingerprint density at radius 2 is 0.776 bits per heavy atom. The van der Waals surface area contributed by atoms with Crippen LogP contribution in [0, 0.1) is 22.7 Å². The lowest BCUT2D eigenvalue weighted by Gasteiger charge is -2.28. The van der Waals surface area contributed by atoms with Crippen LogP contribution in [0.1, 0.15) is 149 Å². The second-order valence-electron chi connectivity index (χ2n) is 33.2. The van der Waals surface area contributed by atoms with E-state index in [9.17, 15) is 72.4 Å². The van der Waals surface area contributed by atoms with Gasteiger partial charge in [-0.25, -0.2) is 19.6 Å². The second-order valence-corrected chi connectivity index (χ2v) is 33.2. The van der Waals surface area contributed by atoms with Crippen molar-refractivity contribution in [3.05, 3.63) is 248 Å². The van der Waals surface area contributed by atoms with Crippen LogP contribution in [-0.2, 0) is 104 Å². The number of imide groups is 4. The fourth-order valence-corrected chi connectivity index (χ4v) is 18.0. The minimum Gasteiger partial charge on any atom is -0.497 e. The zero-order chi connectivity index (χ0) is 94.4. The maximum Gasteiger partial charge on any atom is 0.407 e. The van der Waals surface area contributed by atoms with Gasteiger partial charge in [-0.3, -0.25) is 78.8 Å². The highest BCUT2D eigenvalue weighted by Gasteiger charge is 2.58. The summed E-state index contributed by atoms with van der Waals surface area (Å²) in [5.74, 6) is -1.40. The number of carbonyl (C=O) groups excluding carboxylic acids is 14. The average Bonchev–Trinajstić information content (AvgIpc) is 1.60. The molecule has 4 fully saturated rings. The predicted molar refractivity (Wildman–Crippen MR) is 468 cm³/mol. The Morgan fingerprint density at radius 3 is 1.13 bits per heavy atom. The van der Waals surface area contributed by atoms with E-state index in [1.54, 1.807) is 114 Å². The van der Waals surface area contributed by atoms with Crippen molar-refractivity contribution in [2.45, 2.75) is 100 Å². The molecular formula is C96H83N15O23. The SMILES string of the molecule is CCNC(=O)NCc1ccc2oc([C@]3(CN4Cc5ccc(OC)cc5C4=O)CC(=O)NC3=O)cc2c1.CCOC(=O)NCc1ccc2oc([C@]3(CN4Cc5ccc(OC)cc5C4=O)CC(=O)NC3=O)cc2c1.COc1ccc2c(c1)C(=O)N(C[C@@]1(c3cc4c(C#N)nccc4o3)CC(=O)NC1=O)C2.COc1ccc2c(c1)C(=O)N(C[C@@]1(c3cc4cnc(C#N)cc4o3)CC(=O)NC1=O)C2. The standard InChI is InChI=1S/C26H26N4O6.C26H25N3O7.2C22H16N4O5/c1-3-27-25(34)28-12-15-4-7-20-17(8-15)9-21(36-20)26(11-22(31)29-24(26)33)14-30-13-16-5-6-18(35-2)10-19(16)23(30)32;1-3-35-25(33)27-12-15-4-7-20-17(8-15)9-21(36-20)26(11-22(30)28-24(26)32)14-29-13-16-5-6-18(34-2)10-19(16)23(29)31;1-30-15-3-2-12-10-26(20(28)16(12)6-15)11-22(7-19(27)25-21(22)29)18-4-13-9-24-14(8-23)5-17(13)31-18;1-30-13-3-2-12-10-26(20(28)14(12)6-13)11-22(8-19(27)25-21(22)29)18-7-15-16(9-23)24-5-4-17(15)31-18/h4-10H,3,11-14H2,1-2H3,(H2,27,28,34)(H,29,31,33);4-10H,3,11-14H2,1-2H3,(H,27,33)(H,28,30,32);2-6,9H,7,10-11H2,1H3,(H,25,27,29);2-7H,8,10-11H2,1H3,(H,25,27,29)/t2*26-;2*22-/m1111/s1. The Morgan fingerprint density at radius 1 is 0.410 bits per heavy atom. The normalized spacial score (nSPS) is 19.5. The molecule has 4 saturated heterocycles. The number of carbonyl (C=O) groups is 14. The number of hydrogen-bond acceptors (Lipinski definition) is 27. The number of rotatable bonds is 22. The van der Waals surface area contributed by atoms with Gasteiger partial charge < -0.3 is 76.9 Å². The molecule has 8 aliphatic rings. The lowest BCUT2D eigenvalue weighted by Crippen LogP contribution is -2.46. The summed E-state index contributed by atoms with van der Waals surface area (Å²) in [5.41, 5.74) is 3.66. The van der Waals surface area contributed by atoms with Crippen LogP contribution in [-0.4, -0.2) is 180 Å². The number of pyridine rings is 2. The van der Waals surface area contributed by atoms with E-state index in [0.717, 1.165) is 38.8 Å². The van der Waals surface area contributed by atoms with Crippen molar-refractivity contribution in [2.24, 2.45) is 0 Å². The number of urea groups is 1. The third-order valence-electron chi connectivity index (χ3n) is 24.8. The van der Waals surface area contributed by atoms with Crippen molar-refractivity contribution in [3.63, 3.8) is 0 Å². The van der Waals surface area contributed by atoms with E-state index in [1.165, 1.54) is 56.7 Å². The van der Waals surface area contributed by atoms with Gasteiger partial charge in [0.2, 0.25) is 47.3 Å². The Labute approximate surface area is 760 Å². The van der Waals surface area contributed by atoms with Gasteiger partial charge in [-0.15, -0.1) is 0 Å². The summed E-state index contributed by atoms with van der Waals surface area (Å²) >= 11 is 0. The summed E-state index contributed by atoms with van der Waals surface area (Å²) in [6, 6.07) is 45.3. The molecule has 0 spiro atoms. The molecule has 0 radical (unpaired) electrons. The molecule has 7 N–H and O–H groups in total. The van der Waals surface area contributed by atoms with Crippen LogP contribution in [0.15, 0.2) is 176 Å². The molecule has 0 saturated carbocycles. The van der Waals surface area contributed by atoms with Crippen LogP contribution in [0.5, 0.6) is 23.0 Å². The molecule has 38 nitrogen and oxygen atoms in total. The van der Waals surface area contributed by atoms with Gasteiger partial charge in [-0.05, 0) is 150 Å². The van der Waals surface area contributed by atoms with Crippen LogP contribution >= 0.6 is 0 Å². The van der Waals surface area contributed by atoms with Gasteiger partial charge in [0, 0.05) is 129 Å². The number of benzene rings is 6. The van der Waals surface area contributed by atoms with Gasteiger partial charge in [0.1, 0.15) is 108 Å². The van der Waals surface area contributed by atoms with Crippen LogP contribution < -0.4 is 56.2 Å². The summed E-state index contributed by atoms with van der Waals surface area (Å²) in [6.07, 6.45) is 1.84. The van der Waals surface area contributed by atoms with E-state index >= 15 is 0 Å². The van der Waals surface area contributed by atoms with Gasteiger partial charge >= 0.3 is 12.1 Å². The Kier molecular flexibility index (Phi) is 23.7. The van der Waals surface area contributed by atoms with Crippen LogP contribution in [0.25, 0.3) is 43.9 Å². The number of nitrogens with zero attached hydrogens (tertiary/aromatic N) is 8. The zero-order valence-corrected chi connectivity index (χ0v) is 72.8. The Balaban J connectivity index is 0.000000125. The van der Waals surface area contributed by atoms with E-state index in [2.05, 4.69) is 47.2 Å². The van der Waals surface area contributed by atoms with E-state index in [4.69, 9.17) is 46.6 Å². The monoisotopic (exact) mass is 1810 g/mol. The molecule has 15 amide bonds. The third kappa shape index (κ3) is 16.6. The predicted octanol–water partition coefficient (Wildman–Crippen LogP) is 8.13. The molecule has 12 aromatic rings. The molecule has 134 heavy (non-hydrogen) atoms. The topological polar surface area (TPSA) is 508 Å². The number of alkyl carbamates (subject to hydrolysis) is 1. The Hall–Kier alpha value is -17.1. The fraction of sp³-hybridized carbons (Fsp3) is 0.271. The fourth-order valence-electron chi connectivity index (χ4n) is 18.0. The summed E-state index contributed by atoms with van der Waals surface area (Å²) in [4.78, 5) is 191. The van der Waals surface area contributed by atoms with Crippen molar-refractivity contribution in [1.82, 2.24) is 66.8 Å². The molecule has 6 aromatic carbocycles. The number of hydrogen-bond donors (Lipinski definition) is 7. The Bertz CT molecular complexity index is 6880. The summed E-state index contributed by atoms with van der Waals surface area (Å²) in [7, 11) is 6.11. The minimum atomic E-state index is -1.40. The molecule has 38 heteroatoms. The van der Waals surface area contributed by atoms with Gasteiger partial charge in [0.05, 0.1) is 66.1 Å². The van der Waals surface area contributed by atoms with Gasteiger partial charge in [0.25, 0.3) is 23.6 Å². The van der Waals surface area contributed by atoms with Crippen molar-refractivity contribution < 1.29 is 108 Å². The van der Waals surface area contributed by atoms with E-state index < -0.39 is 75.0 Å². The lowest BCUT2D eigenvalue weighted by atomic mass is 9.82. The van der Waals surface area contributed by atoms with Crippen molar-refractivity contribution in [1.29, 1.82) is 10.5 Å². The summed E-state index contributed by atoms with van der Waals surface area (Å²) < 4.78 is 49.8. The number of nitrogens with one attached hydrogen (secondary N) is 7. The quantitative estimate of drug-likeness (QED) is 0.0315. The maximum absolute atomic E-state index is 13.2. The van der Waals surface area contributed by atoms with Crippen LogP contribution in [0.3, 0.4) is 0 Å². The van der Waals surface area contributed by atoms with E-state index in [-0.39, 0.29) is 118 Å².